The summed E-state index contributed by atoms with van der Waals surface area (Å²) in [6.45, 7) is 4.16. The van der Waals surface area contributed by atoms with Crippen LogP contribution in [0.5, 0.6) is 0 Å². The second kappa shape index (κ2) is 6.77. The third kappa shape index (κ3) is 3.96. The Morgan fingerprint density at radius 3 is 2.52 bits per heavy atom. The molecule has 0 spiro atoms. The molecule has 0 radical (unpaired) electrons. The maximum absolute atomic E-state index is 12.6. The van der Waals surface area contributed by atoms with Gasteiger partial charge >= 0.3 is 0 Å². The molecule has 2 amide bonds. The second-order valence-electron chi connectivity index (χ2n) is 6.84. The minimum Gasteiger partial charge on any atom is -0.356 e. The molecule has 1 atom stereocenters. The van der Waals surface area contributed by atoms with Crippen molar-refractivity contribution in [2.75, 3.05) is 32.7 Å². The highest BCUT2D eigenvalue weighted by atomic mass is 16.2. The van der Waals surface area contributed by atoms with Crippen molar-refractivity contribution in [3.63, 3.8) is 0 Å². The van der Waals surface area contributed by atoms with Gasteiger partial charge in [-0.2, -0.15) is 0 Å². The molecule has 5 heteroatoms. The van der Waals surface area contributed by atoms with Crippen LogP contribution < -0.4 is 10.6 Å². The number of rotatable bonds is 4. The van der Waals surface area contributed by atoms with Crippen LogP contribution in [-0.4, -0.2) is 49.4 Å². The highest BCUT2D eigenvalue weighted by molar-refractivity contribution is 5.82. The summed E-state index contributed by atoms with van der Waals surface area (Å²) in [4.78, 5) is 26.7. The van der Waals surface area contributed by atoms with Crippen LogP contribution >= 0.6 is 0 Å². The number of amides is 2. The van der Waals surface area contributed by atoms with Crippen LogP contribution in [0.15, 0.2) is 0 Å². The molecule has 5 nitrogen and oxygen atoms in total. The number of carbonyl (C=O) groups excluding carboxylic acids is 2. The molecule has 2 saturated heterocycles. The third-order valence-corrected chi connectivity index (χ3v) is 5.05. The van der Waals surface area contributed by atoms with Crippen LogP contribution in [0.3, 0.4) is 0 Å². The van der Waals surface area contributed by atoms with E-state index in [0.717, 1.165) is 51.9 Å². The van der Waals surface area contributed by atoms with Crippen molar-refractivity contribution in [3.8, 4) is 0 Å². The van der Waals surface area contributed by atoms with Crippen LogP contribution in [0.4, 0.5) is 0 Å². The summed E-state index contributed by atoms with van der Waals surface area (Å²) in [6, 6.07) is 0. The molecule has 3 fully saturated rings. The lowest BCUT2D eigenvalue weighted by molar-refractivity contribution is -0.140. The number of piperidine rings is 2. The van der Waals surface area contributed by atoms with Crippen molar-refractivity contribution in [1.82, 2.24) is 15.5 Å². The van der Waals surface area contributed by atoms with Gasteiger partial charge in [-0.05, 0) is 57.5 Å². The molecule has 0 aromatic carbocycles. The first-order valence-electron chi connectivity index (χ1n) is 8.51. The molecular weight excluding hydrogens is 266 g/mol. The van der Waals surface area contributed by atoms with E-state index in [0.29, 0.717) is 12.5 Å². The van der Waals surface area contributed by atoms with Crippen LogP contribution in [0.1, 0.15) is 38.5 Å². The minimum atomic E-state index is 0.00293. The van der Waals surface area contributed by atoms with Gasteiger partial charge in [0.25, 0.3) is 0 Å². The number of hydrogen-bond donors (Lipinski definition) is 2. The highest BCUT2D eigenvalue weighted by Crippen LogP contribution is 2.28. The van der Waals surface area contributed by atoms with Gasteiger partial charge in [-0.25, -0.2) is 0 Å². The van der Waals surface area contributed by atoms with E-state index in [9.17, 15) is 9.59 Å². The number of nitrogens with zero attached hydrogens (tertiary/aromatic N) is 1. The van der Waals surface area contributed by atoms with Crippen LogP contribution in [0.25, 0.3) is 0 Å². The van der Waals surface area contributed by atoms with E-state index in [1.807, 2.05) is 4.90 Å². The van der Waals surface area contributed by atoms with Gasteiger partial charge in [0, 0.05) is 25.6 Å². The lowest BCUT2D eigenvalue weighted by atomic mass is 9.92. The summed E-state index contributed by atoms with van der Waals surface area (Å²) in [5.41, 5.74) is 0. The standard InChI is InChI=1S/C16H27N3O2/c20-15(18-10-12-3-4-12)14-2-1-9-19(11-14)16(21)13-5-7-17-8-6-13/h12-14,17H,1-11H2,(H,18,20). The zero-order valence-corrected chi connectivity index (χ0v) is 12.8. The van der Waals surface area contributed by atoms with Crippen molar-refractivity contribution in [1.29, 1.82) is 0 Å². The Bertz CT molecular complexity index is 389. The molecule has 118 valence electrons. The van der Waals surface area contributed by atoms with E-state index in [-0.39, 0.29) is 23.7 Å². The average molecular weight is 293 g/mol. The summed E-state index contributed by atoms with van der Waals surface area (Å²) >= 11 is 0. The number of hydrogen-bond acceptors (Lipinski definition) is 3. The zero-order valence-electron chi connectivity index (χ0n) is 12.8. The van der Waals surface area contributed by atoms with Crippen molar-refractivity contribution in [2.45, 2.75) is 38.5 Å². The first-order chi connectivity index (χ1) is 10.2. The third-order valence-electron chi connectivity index (χ3n) is 5.05. The fraction of sp³-hybridized carbons (Fsp3) is 0.875. The predicted octanol–water partition coefficient (Wildman–Crippen LogP) is 0.751. The summed E-state index contributed by atoms with van der Waals surface area (Å²) in [7, 11) is 0. The number of carbonyl (C=O) groups is 2. The summed E-state index contributed by atoms with van der Waals surface area (Å²) in [6.07, 6.45) is 6.27. The van der Waals surface area contributed by atoms with E-state index in [1.165, 1.54) is 12.8 Å². The van der Waals surface area contributed by atoms with Gasteiger partial charge in [-0.15, -0.1) is 0 Å². The van der Waals surface area contributed by atoms with Crippen LogP contribution in [0, 0.1) is 17.8 Å². The lowest BCUT2D eigenvalue weighted by Crippen LogP contribution is -2.48. The molecule has 2 aliphatic heterocycles. The molecule has 2 N–H and O–H groups in total. The normalized spacial score (nSPS) is 27.4. The molecule has 1 aliphatic carbocycles. The van der Waals surface area contributed by atoms with Crippen molar-refractivity contribution < 1.29 is 9.59 Å². The second-order valence-corrected chi connectivity index (χ2v) is 6.84. The van der Waals surface area contributed by atoms with Crippen molar-refractivity contribution in [3.05, 3.63) is 0 Å². The SMILES string of the molecule is O=C(NCC1CC1)C1CCCN(C(=O)C2CCNCC2)C1. The lowest BCUT2D eigenvalue weighted by Gasteiger charge is -2.35. The van der Waals surface area contributed by atoms with Gasteiger partial charge in [-0.1, -0.05) is 0 Å². The Balaban J connectivity index is 1.49. The zero-order chi connectivity index (χ0) is 14.7. The van der Waals surface area contributed by atoms with Gasteiger partial charge < -0.3 is 15.5 Å². The minimum absolute atomic E-state index is 0.00293. The molecule has 0 aromatic heterocycles. The van der Waals surface area contributed by atoms with Crippen molar-refractivity contribution in [2.24, 2.45) is 17.8 Å². The van der Waals surface area contributed by atoms with Gasteiger partial charge in [0.15, 0.2) is 0 Å². The Hall–Kier alpha value is -1.10. The summed E-state index contributed by atoms with van der Waals surface area (Å²) in [5, 5.41) is 6.36. The van der Waals surface area contributed by atoms with E-state index < -0.39 is 0 Å². The first-order valence-corrected chi connectivity index (χ1v) is 8.51. The monoisotopic (exact) mass is 293 g/mol. The number of nitrogens with one attached hydrogen (secondary N) is 2. The van der Waals surface area contributed by atoms with E-state index in [1.54, 1.807) is 0 Å². The molecular formula is C16H27N3O2. The summed E-state index contributed by atoms with van der Waals surface area (Å²) < 4.78 is 0. The molecule has 0 aromatic rings. The Morgan fingerprint density at radius 1 is 1.05 bits per heavy atom. The van der Waals surface area contributed by atoms with E-state index >= 15 is 0 Å². The molecule has 3 aliphatic rings. The Labute approximate surface area is 126 Å². The van der Waals surface area contributed by atoms with E-state index in [4.69, 9.17) is 0 Å². The van der Waals surface area contributed by atoms with Gasteiger partial charge in [-0.3, -0.25) is 9.59 Å². The topological polar surface area (TPSA) is 61.4 Å². The first kappa shape index (κ1) is 14.8. The maximum atomic E-state index is 12.6. The Kier molecular flexibility index (Phi) is 4.78. The highest BCUT2D eigenvalue weighted by Gasteiger charge is 2.32. The quantitative estimate of drug-likeness (QED) is 0.804. The molecule has 1 saturated carbocycles. The largest absolute Gasteiger partial charge is 0.356 e. The van der Waals surface area contributed by atoms with Crippen LogP contribution in [0.2, 0.25) is 0 Å². The van der Waals surface area contributed by atoms with Gasteiger partial charge in [0.2, 0.25) is 11.8 Å². The molecule has 0 bridgehead atoms. The molecule has 3 rings (SSSR count). The van der Waals surface area contributed by atoms with Crippen molar-refractivity contribution >= 4 is 11.8 Å². The van der Waals surface area contributed by atoms with Gasteiger partial charge in [0.05, 0.1) is 5.92 Å². The average Bonchev–Trinajstić information content (AvgIpc) is 3.37. The fourth-order valence-electron chi connectivity index (χ4n) is 3.43. The van der Waals surface area contributed by atoms with Gasteiger partial charge in [0.1, 0.15) is 0 Å². The summed E-state index contributed by atoms with van der Waals surface area (Å²) in [5.74, 6) is 1.31. The number of likely N-dealkylation sites (tertiary alicyclic amines) is 1. The molecule has 21 heavy (non-hydrogen) atoms. The Morgan fingerprint density at radius 2 is 1.81 bits per heavy atom. The molecule has 2 heterocycles. The van der Waals surface area contributed by atoms with E-state index in [2.05, 4.69) is 10.6 Å². The smallest absolute Gasteiger partial charge is 0.225 e. The van der Waals surface area contributed by atoms with Crippen LogP contribution in [-0.2, 0) is 9.59 Å². The fourth-order valence-corrected chi connectivity index (χ4v) is 3.43. The maximum Gasteiger partial charge on any atom is 0.225 e. The predicted molar refractivity (Wildman–Crippen MR) is 80.6 cm³/mol. The molecule has 1 unspecified atom stereocenters.